The molecule has 3 N–H and O–H groups in total. The summed E-state index contributed by atoms with van der Waals surface area (Å²) < 4.78 is 15.5. The van der Waals surface area contributed by atoms with Crippen molar-refractivity contribution < 1.29 is 23.5 Å². The smallest absolute Gasteiger partial charge is 0.379 e. The lowest BCUT2D eigenvalue weighted by Gasteiger charge is -2.08. The first-order chi connectivity index (χ1) is 13.5. The summed E-state index contributed by atoms with van der Waals surface area (Å²) >= 11 is 1.13. The number of carbonyl (C=O) groups is 2. The van der Waals surface area contributed by atoms with Gasteiger partial charge in [-0.3, -0.25) is 4.79 Å². The molecule has 0 aliphatic carbocycles. The van der Waals surface area contributed by atoms with Crippen LogP contribution < -0.4 is 20.6 Å². The van der Waals surface area contributed by atoms with Crippen LogP contribution in [0.3, 0.4) is 0 Å². The molecule has 0 radical (unpaired) electrons. The van der Waals surface area contributed by atoms with E-state index in [1.807, 2.05) is 0 Å². The molecule has 3 rings (SSSR count). The lowest BCUT2D eigenvalue weighted by molar-refractivity contribution is -0.120. The third kappa shape index (κ3) is 4.92. The number of aromatic nitrogens is 2. The first-order valence-corrected chi connectivity index (χ1v) is 8.70. The van der Waals surface area contributed by atoms with Crippen molar-refractivity contribution in [3.8, 4) is 11.5 Å². The second-order valence-electron chi connectivity index (χ2n) is 5.28. The van der Waals surface area contributed by atoms with E-state index in [0.717, 1.165) is 11.3 Å². The fraction of sp³-hybridized carbons (Fsp3) is 0.118. The molecule has 2 aromatic heterocycles. The van der Waals surface area contributed by atoms with Crippen LogP contribution in [-0.4, -0.2) is 35.4 Å². The number of hydrogen-bond donors (Lipinski definition) is 2. The van der Waals surface area contributed by atoms with E-state index >= 15 is 0 Å². The van der Waals surface area contributed by atoms with Gasteiger partial charge in [0.15, 0.2) is 11.5 Å². The molecular weight excluding hydrogens is 386 g/mol. The summed E-state index contributed by atoms with van der Waals surface area (Å²) in [6, 6.07) is 7.88. The fourth-order valence-corrected chi connectivity index (χ4v) is 2.70. The number of benzene rings is 1. The molecule has 0 saturated carbocycles. The summed E-state index contributed by atoms with van der Waals surface area (Å²) in [7, 11) is 1.44. The van der Waals surface area contributed by atoms with Crippen LogP contribution in [0.1, 0.15) is 21.1 Å². The Kier molecular flexibility index (Phi) is 5.97. The molecule has 0 saturated heterocycles. The first-order valence-electron chi connectivity index (χ1n) is 7.88. The minimum atomic E-state index is -0.644. The third-order valence-corrected chi connectivity index (χ3v) is 4.06. The average Bonchev–Trinajstić information content (AvgIpc) is 3.34. The van der Waals surface area contributed by atoms with Crippen LogP contribution in [0, 0.1) is 0 Å². The molecular formula is C17H15N5O5S. The first kappa shape index (κ1) is 19.0. The van der Waals surface area contributed by atoms with Crippen LogP contribution in [0.25, 0.3) is 0 Å². The number of ether oxygens (including phenoxy) is 2. The van der Waals surface area contributed by atoms with Crippen molar-refractivity contribution in [1.29, 1.82) is 0 Å². The maximum atomic E-state index is 12.0. The summed E-state index contributed by atoms with van der Waals surface area (Å²) in [6.07, 6.45) is 2.83. The number of methoxy groups -OCH3 is 1. The number of rotatable bonds is 7. The van der Waals surface area contributed by atoms with E-state index in [1.54, 1.807) is 24.3 Å². The monoisotopic (exact) mass is 401 g/mol. The molecule has 3 aromatic rings. The lowest BCUT2D eigenvalue weighted by atomic mass is 10.2. The predicted molar refractivity (Wildman–Crippen MR) is 100 cm³/mol. The van der Waals surface area contributed by atoms with E-state index in [9.17, 15) is 9.59 Å². The van der Waals surface area contributed by atoms with Crippen molar-refractivity contribution in [3.63, 3.8) is 0 Å². The molecule has 144 valence electrons. The molecule has 0 fully saturated rings. The van der Waals surface area contributed by atoms with E-state index in [0.29, 0.717) is 21.5 Å². The maximum Gasteiger partial charge on any atom is 0.379 e. The van der Waals surface area contributed by atoms with Crippen molar-refractivity contribution in [2.45, 2.75) is 6.42 Å². The van der Waals surface area contributed by atoms with Crippen LogP contribution in [0.15, 0.2) is 46.1 Å². The second kappa shape index (κ2) is 8.77. The molecule has 28 heavy (non-hydrogen) atoms. The molecule has 11 heteroatoms. The van der Waals surface area contributed by atoms with E-state index in [-0.39, 0.29) is 23.8 Å². The molecule has 0 atom stereocenters. The molecule has 0 bridgehead atoms. The Morgan fingerprint density at radius 1 is 1.32 bits per heavy atom. The van der Waals surface area contributed by atoms with Gasteiger partial charge in [-0.2, -0.15) is 5.10 Å². The molecule has 0 aliphatic heterocycles. The van der Waals surface area contributed by atoms with Gasteiger partial charge in [-0.1, -0.05) is 11.3 Å². The van der Waals surface area contributed by atoms with Gasteiger partial charge in [0.2, 0.25) is 16.8 Å². The highest BCUT2D eigenvalue weighted by atomic mass is 32.1. The highest BCUT2D eigenvalue weighted by Gasteiger charge is 2.15. The number of nitrogens with two attached hydrogens (primary N) is 1. The van der Waals surface area contributed by atoms with Gasteiger partial charge in [-0.05, 0) is 35.9 Å². The van der Waals surface area contributed by atoms with Crippen molar-refractivity contribution >= 4 is 34.6 Å². The van der Waals surface area contributed by atoms with Gasteiger partial charge in [0, 0.05) is 0 Å². The predicted octanol–water partition coefficient (Wildman–Crippen LogP) is 1.63. The minimum absolute atomic E-state index is 0.0250. The quantitative estimate of drug-likeness (QED) is 0.263. The highest BCUT2D eigenvalue weighted by molar-refractivity contribution is 7.15. The Labute approximate surface area is 163 Å². The average molecular weight is 401 g/mol. The van der Waals surface area contributed by atoms with Crippen LogP contribution in [-0.2, 0) is 11.2 Å². The van der Waals surface area contributed by atoms with Gasteiger partial charge in [0.25, 0.3) is 0 Å². The summed E-state index contributed by atoms with van der Waals surface area (Å²) in [6.45, 7) is 0. The number of hydrogen-bond acceptors (Lipinski definition) is 10. The van der Waals surface area contributed by atoms with Crippen molar-refractivity contribution in [2.24, 2.45) is 5.10 Å². The molecule has 1 amide bonds. The van der Waals surface area contributed by atoms with E-state index in [4.69, 9.17) is 19.6 Å². The number of hydrazone groups is 1. The van der Waals surface area contributed by atoms with Crippen LogP contribution in [0.4, 0.5) is 5.13 Å². The summed E-state index contributed by atoms with van der Waals surface area (Å²) in [4.78, 5) is 23.8. The Morgan fingerprint density at radius 2 is 2.18 bits per heavy atom. The lowest BCUT2D eigenvalue weighted by Crippen LogP contribution is -2.19. The largest absolute Gasteiger partial charge is 0.493 e. The van der Waals surface area contributed by atoms with E-state index in [2.05, 4.69) is 20.7 Å². The normalized spacial score (nSPS) is 10.8. The topological polar surface area (TPSA) is 142 Å². The maximum absolute atomic E-state index is 12.0. The summed E-state index contributed by atoms with van der Waals surface area (Å²) in [5.41, 5.74) is 8.47. The molecule has 10 nitrogen and oxygen atoms in total. The van der Waals surface area contributed by atoms with E-state index in [1.165, 1.54) is 25.7 Å². The van der Waals surface area contributed by atoms with E-state index < -0.39 is 5.97 Å². The number of esters is 1. The number of furan rings is 1. The standard InChI is InChI=1S/C17H15N5O5S/c1-25-13-7-10(4-5-11(13)27-16(24)12-3-2-6-26-12)9-19-20-14(23)8-15-21-22-17(18)28-15/h2-7,9H,8H2,1H3,(H2,18,22)(H,20,23)/b19-9-. The second-order valence-corrected chi connectivity index (χ2v) is 6.37. The molecule has 0 aliphatic rings. The number of carbonyl (C=O) groups excluding carboxylic acids is 2. The zero-order valence-corrected chi connectivity index (χ0v) is 15.4. The number of nitrogen functional groups attached to an aromatic ring is 1. The molecule has 0 unspecified atom stereocenters. The zero-order valence-electron chi connectivity index (χ0n) is 14.6. The minimum Gasteiger partial charge on any atom is -0.493 e. The molecule has 1 aromatic carbocycles. The number of nitrogens with one attached hydrogen (secondary N) is 1. The van der Waals surface area contributed by atoms with Gasteiger partial charge in [0.1, 0.15) is 5.01 Å². The third-order valence-electron chi connectivity index (χ3n) is 3.31. The number of nitrogens with zero attached hydrogens (tertiary/aromatic N) is 3. The Morgan fingerprint density at radius 3 is 2.86 bits per heavy atom. The number of amides is 1. The highest BCUT2D eigenvalue weighted by Crippen LogP contribution is 2.28. The Bertz CT molecular complexity index is 999. The summed E-state index contributed by atoms with van der Waals surface area (Å²) in [5.74, 6) is -0.385. The molecule has 0 spiro atoms. The Hall–Kier alpha value is -3.73. The van der Waals surface area contributed by atoms with Crippen LogP contribution in [0.5, 0.6) is 11.5 Å². The van der Waals surface area contributed by atoms with Crippen LogP contribution in [0.2, 0.25) is 0 Å². The zero-order chi connectivity index (χ0) is 19.9. The van der Waals surface area contributed by atoms with Crippen molar-refractivity contribution in [2.75, 3.05) is 12.8 Å². The number of anilines is 1. The van der Waals surface area contributed by atoms with Gasteiger partial charge < -0.3 is 19.6 Å². The Balaban J connectivity index is 1.60. The van der Waals surface area contributed by atoms with Gasteiger partial charge >= 0.3 is 5.97 Å². The van der Waals surface area contributed by atoms with Gasteiger partial charge in [-0.15, -0.1) is 10.2 Å². The fourth-order valence-electron chi connectivity index (χ4n) is 2.09. The van der Waals surface area contributed by atoms with Crippen LogP contribution >= 0.6 is 11.3 Å². The van der Waals surface area contributed by atoms with Crippen molar-refractivity contribution in [3.05, 3.63) is 52.9 Å². The van der Waals surface area contributed by atoms with Gasteiger partial charge in [0.05, 0.1) is 26.0 Å². The summed E-state index contributed by atoms with van der Waals surface area (Å²) in [5, 5.41) is 12.1. The van der Waals surface area contributed by atoms with Crippen molar-refractivity contribution in [1.82, 2.24) is 15.6 Å². The molecule has 2 heterocycles. The SMILES string of the molecule is COc1cc(/C=N\NC(=O)Cc2nnc(N)s2)ccc1OC(=O)c1ccco1. The van der Waals surface area contributed by atoms with Gasteiger partial charge in [-0.25, -0.2) is 10.2 Å².